The van der Waals surface area contributed by atoms with Gasteiger partial charge in [-0.05, 0) is 18.2 Å². The van der Waals surface area contributed by atoms with E-state index in [2.05, 4.69) is 0 Å². The van der Waals surface area contributed by atoms with E-state index < -0.39 is 17.8 Å². The molecule has 11 heteroatoms. The molecule has 1 aliphatic carbocycles. The van der Waals surface area contributed by atoms with E-state index in [1.165, 1.54) is 12.1 Å². The molecule has 2 aliphatic rings. The monoisotopic (exact) mass is 448 g/mol. The number of fused-ring (bicyclic) bond motifs is 1. The molecule has 1 saturated heterocycles. The molecule has 29 heavy (non-hydrogen) atoms. The molecule has 0 aromatic heterocycles. The number of ether oxygens (including phenoxy) is 2. The topological polar surface area (TPSA) is 65.0 Å². The van der Waals surface area contributed by atoms with Crippen LogP contribution in [0.25, 0.3) is 0 Å². The minimum atomic E-state index is -4.45. The van der Waals surface area contributed by atoms with Crippen molar-refractivity contribution in [1.29, 1.82) is 0 Å². The number of halogens is 3. The Bertz CT molecular complexity index is 748. The highest BCUT2D eigenvalue weighted by Crippen LogP contribution is 2.47. The van der Waals surface area contributed by atoms with E-state index in [9.17, 15) is 23.1 Å². The highest BCUT2D eigenvalue weighted by Gasteiger charge is 2.49. The van der Waals surface area contributed by atoms with Crippen molar-refractivity contribution in [3.05, 3.63) is 42.0 Å². The number of aliphatic hydroxyl groups is 1. The van der Waals surface area contributed by atoms with Crippen LogP contribution in [-0.4, -0.2) is 43.6 Å². The Morgan fingerprint density at radius 3 is 2.93 bits per heavy atom. The number of hydrogen-bond acceptors (Lipinski definition) is 5. The predicted molar refractivity (Wildman–Crippen MR) is 108 cm³/mol. The van der Waals surface area contributed by atoms with Crippen molar-refractivity contribution in [3.8, 4) is 5.75 Å². The molecule has 1 saturated carbocycles. The zero-order valence-electron chi connectivity index (χ0n) is 15.7. The predicted octanol–water partition coefficient (Wildman–Crippen LogP) is 3.07. The smallest absolute Gasteiger partial charge is 0.416 e. The van der Waals surface area contributed by atoms with E-state index in [0.29, 0.717) is 29.5 Å². The fourth-order valence-corrected chi connectivity index (χ4v) is 5.01. The third-order valence-corrected chi connectivity index (χ3v) is 6.59. The molecular formula is C18H22BF3O5P2. The highest BCUT2D eigenvalue weighted by atomic mass is 32.0. The Labute approximate surface area is 171 Å². The zero-order valence-corrected chi connectivity index (χ0v) is 17.7. The maximum Gasteiger partial charge on any atom is 0.416 e. The molecule has 2 fully saturated rings. The average molecular weight is 448 g/mol. The van der Waals surface area contributed by atoms with Gasteiger partial charge < -0.3 is 19.1 Å². The van der Waals surface area contributed by atoms with Crippen LogP contribution in [0, 0.1) is 11.8 Å². The van der Waals surface area contributed by atoms with Gasteiger partial charge >= 0.3 is 12.1 Å². The second-order valence-electron chi connectivity index (χ2n) is 7.01. The second-order valence-corrected chi connectivity index (χ2v) is 10.1. The van der Waals surface area contributed by atoms with Crippen molar-refractivity contribution in [2.45, 2.75) is 37.3 Å². The summed E-state index contributed by atoms with van der Waals surface area (Å²) in [5.74, 6) is -0.219. The van der Waals surface area contributed by atoms with E-state index in [1.54, 1.807) is 6.08 Å². The Kier molecular flexibility index (Phi) is 7.61. The average Bonchev–Trinajstić information content (AvgIpc) is 3.18. The Morgan fingerprint density at radius 1 is 1.41 bits per heavy atom. The summed E-state index contributed by atoms with van der Waals surface area (Å²) in [6, 6.07) is 4.52. The number of carbonyl (C=O) groups is 1. The molecule has 2 unspecified atom stereocenters. The molecule has 1 aromatic carbocycles. The van der Waals surface area contributed by atoms with Gasteiger partial charge in [-0.3, -0.25) is 4.79 Å². The van der Waals surface area contributed by atoms with E-state index in [1.807, 2.05) is 13.6 Å². The first-order chi connectivity index (χ1) is 13.8. The maximum atomic E-state index is 12.8. The quantitative estimate of drug-likeness (QED) is 0.287. The minimum absolute atomic E-state index is 0.0188. The third-order valence-electron chi connectivity index (χ3n) is 5.00. The van der Waals surface area contributed by atoms with Crippen molar-refractivity contribution in [2.75, 3.05) is 6.61 Å². The van der Waals surface area contributed by atoms with Crippen LogP contribution < -0.4 is 4.74 Å². The molecule has 0 radical (unpaired) electrons. The second kappa shape index (κ2) is 9.78. The molecule has 3 rings (SSSR count). The number of carbonyl (C=O) groups excluding carboxylic acids is 1. The Balaban J connectivity index is 1.58. The molecule has 0 amide bonds. The Hall–Kier alpha value is -1.14. The molecule has 1 N–H and O–H groups in total. The summed E-state index contributed by atoms with van der Waals surface area (Å²) < 4.78 is 54.9. The van der Waals surface area contributed by atoms with E-state index in [-0.39, 0.29) is 42.4 Å². The molecule has 1 heterocycles. The van der Waals surface area contributed by atoms with Crippen LogP contribution in [0.3, 0.4) is 0 Å². The van der Waals surface area contributed by atoms with Crippen LogP contribution in [-0.2, 0) is 20.2 Å². The van der Waals surface area contributed by atoms with Crippen molar-refractivity contribution in [3.63, 3.8) is 0 Å². The lowest BCUT2D eigenvalue weighted by Gasteiger charge is -2.20. The fraction of sp³-hybridized carbons (Fsp3) is 0.500. The summed E-state index contributed by atoms with van der Waals surface area (Å²) in [5, 5.41) is 10.2. The number of alkyl halides is 3. The van der Waals surface area contributed by atoms with Gasteiger partial charge in [0.15, 0.2) is 0 Å². The number of hydrogen-bond donors (Lipinski definition) is 1. The number of aliphatic hydroxyl groups excluding tert-OH is 1. The van der Waals surface area contributed by atoms with Gasteiger partial charge in [0.1, 0.15) is 32.1 Å². The van der Waals surface area contributed by atoms with Crippen molar-refractivity contribution >= 4 is 30.2 Å². The molecule has 5 nitrogen and oxygen atoms in total. The van der Waals surface area contributed by atoms with E-state index in [4.69, 9.17) is 14.0 Å². The van der Waals surface area contributed by atoms with E-state index in [0.717, 1.165) is 12.1 Å². The van der Waals surface area contributed by atoms with Gasteiger partial charge in [-0.1, -0.05) is 18.2 Å². The summed E-state index contributed by atoms with van der Waals surface area (Å²) in [7, 11) is 3.10. The molecule has 1 aromatic rings. The van der Waals surface area contributed by atoms with Crippen LogP contribution in [0.2, 0.25) is 0 Å². The lowest BCUT2D eigenvalue weighted by Crippen LogP contribution is -2.21. The summed E-state index contributed by atoms with van der Waals surface area (Å²) >= 11 is 0. The number of benzene rings is 1. The fourth-order valence-electron chi connectivity index (χ4n) is 3.68. The maximum absolute atomic E-state index is 12.8. The van der Waals surface area contributed by atoms with Gasteiger partial charge in [0, 0.05) is 26.8 Å². The normalized spacial score (nSPS) is 28.6. The first kappa shape index (κ1) is 22.5. The molecule has 1 aliphatic heterocycles. The summed E-state index contributed by atoms with van der Waals surface area (Å²) in [6.07, 6.45) is -1.35. The van der Waals surface area contributed by atoms with Gasteiger partial charge in [-0.15, -0.1) is 8.15 Å². The van der Waals surface area contributed by atoms with Crippen LogP contribution in [0.5, 0.6) is 5.75 Å². The molecule has 7 atom stereocenters. The van der Waals surface area contributed by atoms with Crippen molar-refractivity contribution < 1.29 is 37.1 Å². The number of esters is 1. The SMILES string of the molecule is BPPO[C@@H]1C[C@@H]2OC(=O)C[C@@H]2[C@H]1/C=C/[C@@H](O)COc1cccc(C(F)(F)F)c1. The molecule has 0 spiro atoms. The van der Waals surface area contributed by atoms with Gasteiger partial charge in [-0.2, -0.15) is 13.2 Å². The minimum Gasteiger partial charge on any atom is -0.491 e. The van der Waals surface area contributed by atoms with Gasteiger partial charge in [0.25, 0.3) is 0 Å². The van der Waals surface area contributed by atoms with Crippen molar-refractivity contribution in [1.82, 2.24) is 0 Å². The summed E-state index contributed by atoms with van der Waals surface area (Å²) in [5.41, 5.74) is -0.805. The Morgan fingerprint density at radius 2 is 2.21 bits per heavy atom. The van der Waals surface area contributed by atoms with Crippen LogP contribution in [0.15, 0.2) is 36.4 Å². The molecule has 158 valence electrons. The zero-order chi connectivity index (χ0) is 21.0. The summed E-state index contributed by atoms with van der Waals surface area (Å²) in [6.45, 7) is -0.183. The van der Waals surface area contributed by atoms with Crippen molar-refractivity contribution in [2.24, 2.45) is 11.8 Å². The summed E-state index contributed by atoms with van der Waals surface area (Å²) in [4.78, 5) is 11.6. The highest BCUT2D eigenvalue weighted by molar-refractivity contribution is 8.21. The largest absolute Gasteiger partial charge is 0.491 e. The van der Waals surface area contributed by atoms with Gasteiger partial charge in [0.2, 0.25) is 0 Å². The van der Waals surface area contributed by atoms with E-state index >= 15 is 0 Å². The first-order valence-corrected chi connectivity index (χ1v) is 12.6. The lowest BCUT2D eigenvalue weighted by molar-refractivity contribution is -0.142. The standard InChI is InChI=1S/C18H22BF3O5P2/c19-28-29-27-16-8-15-14(7-17(24)26-15)13(16)5-4-11(23)9-25-12-3-1-2-10(6-12)18(20,21)22/h1-6,11,13-16,23,28-29H,7-9,19H2/b5-4+/t11-,13-,14-,15+,16-/m1/s1. The van der Waals surface area contributed by atoms with Crippen LogP contribution in [0.4, 0.5) is 13.2 Å². The van der Waals surface area contributed by atoms with Gasteiger partial charge in [0.05, 0.1) is 18.1 Å². The third kappa shape index (κ3) is 5.94. The van der Waals surface area contributed by atoms with Crippen LogP contribution in [0.1, 0.15) is 18.4 Å². The number of rotatable bonds is 8. The first-order valence-electron chi connectivity index (χ1n) is 9.21. The molecular weight excluding hydrogens is 426 g/mol. The lowest BCUT2D eigenvalue weighted by atomic mass is 9.91. The van der Waals surface area contributed by atoms with Gasteiger partial charge in [-0.25, -0.2) is 0 Å². The molecule has 0 bridgehead atoms. The van der Waals surface area contributed by atoms with Crippen LogP contribution >= 0.6 is 16.6 Å².